The van der Waals surface area contributed by atoms with Crippen LogP contribution in [0.2, 0.25) is 0 Å². The predicted octanol–water partition coefficient (Wildman–Crippen LogP) is 1.18. The Balaban J connectivity index is 2.14. The van der Waals surface area contributed by atoms with E-state index in [1.165, 1.54) is 33.5 Å². The molecule has 1 aromatic carbocycles. The van der Waals surface area contributed by atoms with E-state index in [0.29, 0.717) is 5.69 Å². The number of sulfonamides is 1. The van der Waals surface area contributed by atoms with Crippen LogP contribution in [-0.2, 0) is 14.8 Å². The van der Waals surface area contributed by atoms with Crippen LogP contribution in [0.3, 0.4) is 0 Å². The van der Waals surface area contributed by atoms with Crippen molar-refractivity contribution in [2.75, 3.05) is 25.0 Å². The Morgan fingerprint density at radius 2 is 1.92 bits per heavy atom. The standard InChI is InChI=1S/C15H19N3O5S/c1-3-14(19)16-12-4-6-13(7-5-12)24(22,23)17-8-9-18(15(20)21)11(2)10-17/h3-7,11H,1,8-10H2,2H3,(H,16,19)(H,20,21). The fraction of sp³-hybridized carbons (Fsp3) is 0.333. The molecule has 1 aromatic rings. The fourth-order valence-corrected chi connectivity index (χ4v) is 3.99. The first-order valence-electron chi connectivity index (χ1n) is 7.29. The van der Waals surface area contributed by atoms with Crippen LogP contribution in [0.4, 0.5) is 10.5 Å². The van der Waals surface area contributed by atoms with E-state index < -0.39 is 22.2 Å². The monoisotopic (exact) mass is 353 g/mol. The fourth-order valence-electron chi connectivity index (χ4n) is 2.48. The molecule has 2 amide bonds. The second-order valence-electron chi connectivity index (χ2n) is 5.41. The molecular formula is C15H19N3O5S. The molecule has 0 radical (unpaired) electrons. The van der Waals surface area contributed by atoms with Gasteiger partial charge in [0, 0.05) is 31.4 Å². The van der Waals surface area contributed by atoms with E-state index in [4.69, 9.17) is 5.11 Å². The third-order valence-corrected chi connectivity index (χ3v) is 5.66. The molecule has 0 aromatic heterocycles. The molecule has 1 unspecified atom stereocenters. The number of anilines is 1. The lowest BCUT2D eigenvalue weighted by Crippen LogP contribution is -2.54. The van der Waals surface area contributed by atoms with Crippen molar-refractivity contribution in [1.82, 2.24) is 9.21 Å². The number of nitrogens with zero attached hydrogens (tertiary/aromatic N) is 2. The molecule has 130 valence electrons. The number of hydrogen-bond acceptors (Lipinski definition) is 4. The third-order valence-electron chi connectivity index (χ3n) is 3.78. The first kappa shape index (κ1) is 18.0. The van der Waals surface area contributed by atoms with Gasteiger partial charge in [-0.3, -0.25) is 4.79 Å². The molecule has 9 heteroatoms. The smallest absolute Gasteiger partial charge is 0.407 e. The van der Waals surface area contributed by atoms with Crippen molar-refractivity contribution in [2.24, 2.45) is 0 Å². The third kappa shape index (κ3) is 3.74. The highest BCUT2D eigenvalue weighted by molar-refractivity contribution is 7.89. The SMILES string of the molecule is C=CC(=O)Nc1ccc(S(=O)(=O)N2CCN(C(=O)O)C(C)C2)cc1. The highest BCUT2D eigenvalue weighted by atomic mass is 32.2. The number of rotatable bonds is 4. The van der Waals surface area contributed by atoms with Gasteiger partial charge in [-0.25, -0.2) is 13.2 Å². The van der Waals surface area contributed by atoms with E-state index >= 15 is 0 Å². The van der Waals surface area contributed by atoms with E-state index in [1.807, 2.05) is 0 Å². The van der Waals surface area contributed by atoms with Crippen molar-refractivity contribution in [3.63, 3.8) is 0 Å². The van der Waals surface area contributed by atoms with Crippen LogP contribution in [0.25, 0.3) is 0 Å². The maximum absolute atomic E-state index is 12.7. The van der Waals surface area contributed by atoms with Gasteiger partial charge in [0.05, 0.1) is 4.90 Å². The van der Waals surface area contributed by atoms with Gasteiger partial charge in [0.2, 0.25) is 15.9 Å². The van der Waals surface area contributed by atoms with Crippen molar-refractivity contribution >= 4 is 27.7 Å². The second-order valence-corrected chi connectivity index (χ2v) is 7.34. The number of carbonyl (C=O) groups excluding carboxylic acids is 1. The molecule has 0 saturated carbocycles. The first-order chi connectivity index (χ1) is 11.3. The molecule has 1 fully saturated rings. The average Bonchev–Trinajstić information content (AvgIpc) is 2.54. The Morgan fingerprint density at radius 3 is 2.42 bits per heavy atom. The van der Waals surface area contributed by atoms with E-state index in [0.717, 1.165) is 6.08 Å². The number of carbonyl (C=O) groups is 2. The zero-order valence-corrected chi connectivity index (χ0v) is 14.0. The molecule has 1 heterocycles. The Bertz CT molecular complexity index is 745. The van der Waals surface area contributed by atoms with Gasteiger partial charge in [0.1, 0.15) is 0 Å². The second kappa shape index (κ2) is 7.02. The average molecular weight is 353 g/mol. The van der Waals surface area contributed by atoms with Crippen LogP contribution < -0.4 is 5.32 Å². The Kier molecular flexibility index (Phi) is 5.25. The van der Waals surface area contributed by atoms with Crippen LogP contribution in [0.15, 0.2) is 41.8 Å². The van der Waals surface area contributed by atoms with Crippen LogP contribution in [-0.4, -0.2) is 60.4 Å². The van der Waals surface area contributed by atoms with Gasteiger partial charge < -0.3 is 15.3 Å². The number of amides is 2. The van der Waals surface area contributed by atoms with E-state index in [9.17, 15) is 18.0 Å². The molecule has 24 heavy (non-hydrogen) atoms. The molecule has 8 nitrogen and oxygen atoms in total. The summed E-state index contributed by atoms with van der Waals surface area (Å²) >= 11 is 0. The van der Waals surface area contributed by atoms with Crippen molar-refractivity contribution in [3.8, 4) is 0 Å². The molecule has 0 spiro atoms. The molecule has 1 atom stereocenters. The minimum Gasteiger partial charge on any atom is -0.465 e. The summed E-state index contributed by atoms with van der Waals surface area (Å²) in [7, 11) is -3.71. The highest BCUT2D eigenvalue weighted by Gasteiger charge is 2.34. The summed E-state index contributed by atoms with van der Waals surface area (Å²) < 4.78 is 26.6. The molecule has 1 aliphatic rings. The van der Waals surface area contributed by atoms with E-state index in [1.54, 1.807) is 6.92 Å². The van der Waals surface area contributed by atoms with Gasteiger partial charge in [-0.05, 0) is 37.3 Å². The van der Waals surface area contributed by atoms with Crippen molar-refractivity contribution in [1.29, 1.82) is 0 Å². The number of hydrogen-bond donors (Lipinski definition) is 2. The lowest BCUT2D eigenvalue weighted by molar-refractivity contribution is -0.111. The maximum atomic E-state index is 12.7. The number of piperazine rings is 1. The van der Waals surface area contributed by atoms with E-state index in [2.05, 4.69) is 11.9 Å². The first-order valence-corrected chi connectivity index (χ1v) is 8.73. The zero-order valence-electron chi connectivity index (χ0n) is 13.2. The van der Waals surface area contributed by atoms with Crippen LogP contribution >= 0.6 is 0 Å². The molecule has 1 aliphatic heterocycles. The Hall–Kier alpha value is -2.39. The molecule has 0 aliphatic carbocycles. The molecule has 2 rings (SSSR count). The maximum Gasteiger partial charge on any atom is 0.407 e. The summed E-state index contributed by atoms with van der Waals surface area (Å²) in [4.78, 5) is 23.6. The van der Waals surface area contributed by atoms with Crippen LogP contribution in [0, 0.1) is 0 Å². The summed E-state index contributed by atoms with van der Waals surface area (Å²) in [5.74, 6) is -0.385. The molecular weight excluding hydrogens is 334 g/mol. The minimum atomic E-state index is -3.71. The van der Waals surface area contributed by atoms with E-state index in [-0.39, 0.29) is 30.4 Å². The van der Waals surface area contributed by atoms with Crippen LogP contribution in [0.1, 0.15) is 6.92 Å². The normalized spacial score (nSPS) is 18.9. The topological polar surface area (TPSA) is 107 Å². The zero-order chi connectivity index (χ0) is 17.9. The van der Waals surface area contributed by atoms with Gasteiger partial charge in [0.15, 0.2) is 0 Å². The Labute approximate surface area is 140 Å². The number of carboxylic acid groups (broad SMARTS) is 1. The summed E-state index contributed by atoms with van der Waals surface area (Å²) in [6.07, 6.45) is 0.0652. The lowest BCUT2D eigenvalue weighted by atomic mass is 10.2. The molecule has 1 saturated heterocycles. The van der Waals surface area contributed by atoms with Gasteiger partial charge in [0.25, 0.3) is 0 Å². The highest BCUT2D eigenvalue weighted by Crippen LogP contribution is 2.21. The molecule has 0 bridgehead atoms. The lowest BCUT2D eigenvalue weighted by Gasteiger charge is -2.37. The largest absolute Gasteiger partial charge is 0.465 e. The van der Waals surface area contributed by atoms with Crippen molar-refractivity contribution < 1.29 is 23.1 Å². The predicted molar refractivity (Wildman–Crippen MR) is 88.2 cm³/mol. The van der Waals surface area contributed by atoms with Gasteiger partial charge >= 0.3 is 6.09 Å². The Morgan fingerprint density at radius 1 is 1.29 bits per heavy atom. The van der Waals surface area contributed by atoms with Crippen molar-refractivity contribution in [2.45, 2.75) is 17.9 Å². The number of nitrogens with one attached hydrogen (secondary N) is 1. The summed E-state index contributed by atoms with van der Waals surface area (Å²) in [6, 6.07) is 5.37. The number of benzene rings is 1. The minimum absolute atomic E-state index is 0.0927. The van der Waals surface area contributed by atoms with Gasteiger partial charge in [-0.1, -0.05) is 6.58 Å². The van der Waals surface area contributed by atoms with Crippen LogP contribution in [0.5, 0.6) is 0 Å². The summed E-state index contributed by atoms with van der Waals surface area (Å²) in [5, 5.41) is 11.6. The molecule has 2 N–H and O–H groups in total. The quantitative estimate of drug-likeness (QED) is 0.791. The van der Waals surface area contributed by atoms with Gasteiger partial charge in [-0.15, -0.1) is 0 Å². The summed E-state index contributed by atoms with van der Waals surface area (Å²) in [5.41, 5.74) is 0.461. The van der Waals surface area contributed by atoms with Gasteiger partial charge in [-0.2, -0.15) is 4.31 Å². The van der Waals surface area contributed by atoms with Crippen molar-refractivity contribution in [3.05, 3.63) is 36.9 Å². The summed E-state index contributed by atoms with van der Waals surface area (Å²) in [6.45, 7) is 5.34.